The van der Waals surface area contributed by atoms with Gasteiger partial charge >= 0.3 is 0 Å². The summed E-state index contributed by atoms with van der Waals surface area (Å²) in [5.41, 5.74) is 0.447. The number of carbonyl (C=O) groups is 1. The molecule has 0 saturated carbocycles. The van der Waals surface area contributed by atoms with Crippen molar-refractivity contribution < 1.29 is 19.4 Å². The number of aldehydes is 1. The Kier molecular flexibility index (Phi) is 0.910. The van der Waals surface area contributed by atoms with Crippen molar-refractivity contribution in [2.75, 3.05) is 0 Å². The maximum Gasteiger partial charge on any atom is 0.205 e. The Hall–Kier alpha value is -1.71. The second kappa shape index (κ2) is 1.66. The van der Waals surface area contributed by atoms with Gasteiger partial charge in [-0.3, -0.25) is 4.79 Å². The van der Waals surface area contributed by atoms with Crippen LogP contribution in [-0.4, -0.2) is 16.5 Å². The molecule has 0 atom stereocenters. The molecule has 2 N–H and O–H groups in total. The first-order chi connectivity index (χ1) is 5.24. The normalized spacial score (nSPS) is 10.9. The van der Waals surface area contributed by atoms with Gasteiger partial charge in [0, 0.05) is 0 Å². The van der Waals surface area contributed by atoms with E-state index in [1.54, 1.807) is 0 Å². The predicted octanol–water partition coefficient (Wildman–Crippen LogP) is 1.09. The van der Waals surface area contributed by atoms with Gasteiger partial charge in [0.05, 0.1) is 5.56 Å². The molecule has 0 aliphatic heterocycles. The summed E-state index contributed by atoms with van der Waals surface area (Å²) in [7, 11) is 0. The number of hydrogen-bond donors (Lipinski definition) is 2. The van der Waals surface area contributed by atoms with Crippen LogP contribution in [0.25, 0.3) is 11.2 Å². The molecular weight excluding hydrogens is 148 g/mol. The Morgan fingerprint density at radius 2 is 2.09 bits per heavy atom. The zero-order valence-corrected chi connectivity index (χ0v) is 5.37. The third-order valence-corrected chi connectivity index (χ3v) is 1.56. The molecule has 0 spiro atoms. The van der Waals surface area contributed by atoms with E-state index in [2.05, 4.69) is 0 Å². The van der Waals surface area contributed by atoms with Crippen LogP contribution in [0.5, 0.6) is 11.5 Å². The van der Waals surface area contributed by atoms with Crippen molar-refractivity contribution in [1.82, 2.24) is 0 Å². The summed E-state index contributed by atoms with van der Waals surface area (Å²) in [5, 5.41) is 18.0. The lowest BCUT2D eigenvalue weighted by Gasteiger charge is -1.89. The van der Waals surface area contributed by atoms with Gasteiger partial charge in [-0.05, 0) is 6.07 Å². The van der Waals surface area contributed by atoms with E-state index in [9.17, 15) is 4.79 Å². The van der Waals surface area contributed by atoms with Crippen LogP contribution in [0.1, 0.15) is 10.4 Å². The van der Waals surface area contributed by atoms with Crippen LogP contribution in [0, 0.1) is 0 Å². The zero-order valence-electron chi connectivity index (χ0n) is 5.37. The minimum absolute atomic E-state index is 0.0486. The molecule has 0 aliphatic carbocycles. The fraction of sp³-hybridized carbons (Fsp3) is 0. The van der Waals surface area contributed by atoms with Crippen LogP contribution >= 0.6 is 0 Å². The van der Waals surface area contributed by atoms with Crippen LogP contribution < -0.4 is 0 Å². The van der Waals surface area contributed by atoms with E-state index >= 15 is 0 Å². The molecule has 0 unspecified atom stereocenters. The summed E-state index contributed by atoms with van der Waals surface area (Å²) >= 11 is 0. The van der Waals surface area contributed by atoms with E-state index in [0.29, 0.717) is 6.29 Å². The minimum atomic E-state index is -0.357. The van der Waals surface area contributed by atoms with Crippen molar-refractivity contribution in [3.05, 3.63) is 11.6 Å². The van der Waals surface area contributed by atoms with Gasteiger partial charge < -0.3 is 14.6 Å². The summed E-state index contributed by atoms with van der Waals surface area (Å²) < 4.78 is 4.84. The maximum atomic E-state index is 10.3. The lowest BCUT2D eigenvalue weighted by atomic mass is 10.2. The van der Waals surface area contributed by atoms with Crippen molar-refractivity contribution in [3.63, 3.8) is 0 Å². The van der Waals surface area contributed by atoms with E-state index in [4.69, 9.17) is 14.6 Å². The summed E-state index contributed by atoms with van der Waals surface area (Å²) in [4.78, 5) is 10.3. The molecule has 11 heavy (non-hydrogen) atoms. The Balaban J connectivity index is 2.87. The number of hydrogen-bond acceptors (Lipinski definition) is 4. The molecule has 56 valence electrons. The standard InChI is InChI=1S/C7H4O4/c8-2-3-1-4-5(9)6(10)7(3)11-4/h1-2,9-10H. The summed E-state index contributed by atoms with van der Waals surface area (Å²) in [6.45, 7) is 0. The highest BCUT2D eigenvalue weighted by Gasteiger charge is 2.19. The third kappa shape index (κ3) is 0.556. The molecule has 4 heteroatoms. The molecule has 0 saturated heterocycles. The van der Waals surface area contributed by atoms with Gasteiger partial charge in [-0.2, -0.15) is 0 Å². The van der Waals surface area contributed by atoms with Crippen molar-refractivity contribution in [1.29, 1.82) is 0 Å². The second-order valence-corrected chi connectivity index (χ2v) is 2.21. The van der Waals surface area contributed by atoms with Crippen LogP contribution in [-0.2, 0) is 0 Å². The highest BCUT2D eigenvalue weighted by atomic mass is 16.4. The average molecular weight is 152 g/mol. The van der Waals surface area contributed by atoms with Gasteiger partial charge in [-0.1, -0.05) is 0 Å². The monoisotopic (exact) mass is 152 g/mol. The van der Waals surface area contributed by atoms with Crippen LogP contribution in [0.15, 0.2) is 10.5 Å². The van der Waals surface area contributed by atoms with Crippen LogP contribution in [0.4, 0.5) is 0 Å². The number of aromatic hydroxyl groups is 2. The Morgan fingerprint density at radius 3 is 2.55 bits per heavy atom. The number of furan rings is 2. The Labute approximate surface area is 61.0 Å². The summed E-state index contributed by atoms with van der Waals surface area (Å²) in [5.74, 6) is -0.657. The van der Waals surface area contributed by atoms with E-state index in [1.807, 2.05) is 0 Å². The Bertz CT molecular complexity index is 401. The molecule has 2 heterocycles. The molecule has 2 aromatic heterocycles. The van der Waals surface area contributed by atoms with E-state index < -0.39 is 0 Å². The number of phenols is 2. The topological polar surface area (TPSA) is 70.7 Å². The molecule has 2 rings (SSSR count). The minimum Gasteiger partial charge on any atom is -0.502 e. The summed E-state index contributed by atoms with van der Waals surface area (Å²) in [6, 6.07) is 1.37. The van der Waals surface area contributed by atoms with Gasteiger partial charge in [-0.25, -0.2) is 0 Å². The van der Waals surface area contributed by atoms with Crippen molar-refractivity contribution in [2.45, 2.75) is 0 Å². The third-order valence-electron chi connectivity index (χ3n) is 1.56. The molecular formula is C7H4O4. The van der Waals surface area contributed by atoms with Gasteiger partial charge in [0.25, 0.3) is 0 Å². The average Bonchev–Trinajstić information content (AvgIpc) is 2.53. The lowest BCUT2D eigenvalue weighted by molar-refractivity contribution is 0.112. The molecule has 0 aromatic carbocycles. The van der Waals surface area contributed by atoms with Crippen molar-refractivity contribution in [3.8, 4) is 11.5 Å². The van der Waals surface area contributed by atoms with Gasteiger partial charge in [0.1, 0.15) is 0 Å². The van der Waals surface area contributed by atoms with E-state index in [0.717, 1.165) is 0 Å². The first kappa shape index (κ1) is 6.03. The van der Waals surface area contributed by atoms with Crippen LogP contribution in [0.3, 0.4) is 0 Å². The fourth-order valence-corrected chi connectivity index (χ4v) is 1.02. The molecule has 0 aliphatic rings. The molecule has 4 nitrogen and oxygen atoms in total. The predicted molar refractivity (Wildman–Crippen MR) is 36.1 cm³/mol. The quantitative estimate of drug-likeness (QED) is 0.474. The first-order valence-corrected chi connectivity index (χ1v) is 2.96. The molecule has 2 bridgehead atoms. The smallest absolute Gasteiger partial charge is 0.205 e. The SMILES string of the molecule is O=Cc1cc2oc1c(O)c2O. The molecule has 2 aromatic rings. The first-order valence-electron chi connectivity index (χ1n) is 2.96. The largest absolute Gasteiger partial charge is 0.502 e. The second-order valence-electron chi connectivity index (χ2n) is 2.21. The van der Waals surface area contributed by atoms with Gasteiger partial charge in [-0.15, -0.1) is 0 Å². The molecule has 0 radical (unpaired) electrons. The fourth-order valence-electron chi connectivity index (χ4n) is 1.02. The number of benzene rings is 1. The van der Waals surface area contributed by atoms with Crippen molar-refractivity contribution >= 4 is 17.5 Å². The van der Waals surface area contributed by atoms with E-state index in [-0.39, 0.29) is 28.2 Å². The van der Waals surface area contributed by atoms with E-state index in [1.165, 1.54) is 6.07 Å². The number of rotatable bonds is 1. The summed E-state index contributed by atoms with van der Waals surface area (Å²) in [6.07, 6.45) is 0.561. The highest BCUT2D eigenvalue weighted by Crippen LogP contribution is 2.42. The number of fused-ring (bicyclic) bond motifs is 2. The maximum absolute atomic E-state index is 10.3. The Morgan fingerprint density at radius 1 is 1.36 bits per heavy atom. The molecule has 0 amide bonds. The highest BCUT2D eigenvalue weighted by molar-refractivity contribution is 5.96. The van der Waals surface area contributed by atoms with Gasteiger partial charge in [0.2, 0.25) is 11.5 Å². The molecule has 0 fully saturated rings. The number of carbonyl (C=O) groups excluding carboxylic acids is 1. The van der Waals surface area contributed by atoms with Crippen LogP contribution in [0.2, 0.25) is 0 Å². The number of phenolic OH excluding ortho intramolecular Hbond substituents is 2. The lowest BCUT2D eigenvalue weighted by Crippen LogP contribution is -1.75. The zero-order chi connectivity index (χ0) is 8.01. The van der Waals surface area contributed by atoms with Gasteiger partial charge in [0.15, 0.2) is 17.5 Å². The van der Waals surface area contributed by atoms with Crippen molar-refractivity contribution in [2.24, 2.45) is 0 Å².